The minimum absolute atomic E-state index is 0.0758. The molecule has 6 heteroatoms. The van der Waals surface area contributed by atoms with E-state index in [0.29, 0.717) is 5.56 Å². The molecule has 0 amide bonds. The Morgan fingerprint density at radius 1 is 1.09 bits per heavy atom. The summed E-state index contributed by atoms with van der Waals surface area (Å²) < 4.78 is 5.16. The molecule has 2 aromatic carbocycles. The van der Waals surface area contributed by atoms with Gasteiger partial charge < -0.3 is 4.74 Å². The summed E-state index contributed by atoms with van der Waals surface area (Å²) in [5.41, 5.74) is 0.554. The standard InChI is InChI=1S/C17H15NO5/c1-11-14(9-6-10-15(11)18(21)22)17(20)23-12(2)16(19)13-7-4-3-5-8-13/h3-10,12H,1-2H3/t12-/m1/s1. The molecule has 0 spiro atoms. The lowest BCUT2D eigenvalue weighted by Crippen LogP contribution is -2.24. The molecular weight excluding hydrogens is 298 g/mol. The van der Waals surface area contributed by atoms with E-state index in [2.05, 4.69) is 0 Å². The molecule has 2 rings (SSSR count). The van der Waals surface area contributed by atoms with Gasteiger partial charge in [-0.15, -0.1) is 0 Å². The Hall–Kier alpha value is -3.02. The number of Topliss-reactive ketones (excluding diaryl/α,β-unsaturated/α-hetero) is 1. The largest absolute Gasteiger partial charge is 0.451 e. The van der Waals surface area contributed by atoms with Gasteiger partial charge in [0, 0.05) is 17.2 Å². The van der Waals surface area contributed by atoms with Crippen LogP contribution in [0.3, 0.4) is 0 Å². The summed E-state index contributed by atoms with van der Waals surface area (Å²) >= 11 is 0. The summed E-state index contributed by atoms with van der Waals surface area (Å²) in [7, 11) is 0. The van der Waals surface area contributed by atoms with Crippen LogP contribution in [-0.2, 0) is 4.74 Å². The van der Waals surface area contributed by atoms with Gasteiger partial charge >= 0.3 is 5.97 Å². The molecule has 0 aliphatic heterocycles. The highest BCUT2D eigenvalue weighted by Crippen LogP contribution is 2.22. The minimum Gasteiger partial charge on any atom is -0.451 e. The molecule has 6 nitrogen and oxygen atoms in total. The highest BCUT2D eigenvalue weighted by Gasteiger charge is 2.23. The van der Waals surface area contributed by atoms with Crippen molar-refractivity contribution >= 4 is 17.4 Å². The summed E-state index contributed by atoms with van der Waals surface area (Å²) in [4.78, 5) is 34.7. The number of nitro benzene ring substituents is 1. The molecule has 0 aromatic heterocycles. The van der Waals surface area contributed by atoms with Gasteiger partial charge in [-0.2, -0.15) is 0 Å². The number of ether oxygens (including phenoxy) is 1. The van der Waals surface area contributed by atoms with Crippen LogP contribution in [0, 0.1) is 17.0 Å². The average molecular weight is 313 g/mol. The summed E-state index contributed by atoms with van der Waals surface area (Å²) in [5, 5.41) is 10.9. The van der Waals surface area contributed by atoms with Gasteiger partial charge in [0.25, 0.3) is 5.69 Å². The first-order valence-electron chi connectivity index (χ1n) is 6.96. The Labute approximate surface area is 132 Å². The van der Waals surface area contributed by atoms with Crippen LogP contribution in [-0.4, -0.2) is 22.8 Å². The molecule has 0 heterocycles. The molecular formula is C17H15NO5. The van der Waals surface area contributed by atoms with Crippen molar-refractivity contribution in [1.29, 1.82) is 0 Å². The van der Waals surface area contributed by atoms with Gasteiger partial charge in [0.1, 0.15) is 0 Å². The van der Waals surface area contributed by atoms with Crippen molar-refractivity contribution in [3.05, 3.63) is 75.3 Å². The number of carbonyl (C=O) groups excluding carboxylic acids is 2. The van der Waals surface area contributed by atoms with Gasteiger partial charge in [-0.3, -0.25) is 14.9 Å². The fraction of sp³-hybridized carbons (Fsp3) is 0.176. The van der Waals surface area contributed by atoms with E-state index in [1.165, 1.54) is 32.0 Å². The quantitative estimate of drug-likeness (QED) is 0.366. The van der Waals surface area contributed by atoms with Crippen molar-refractivity contribution < 1.29 is 19.2 Å². The van der Waals surface area contributed by atoms with E-state index in [9.17, 15) is 19.7 Å². The zero-order valence-electron chi connectivity index (χ0n) is 12.7. The first kappa shape index (κ1) is 16.4. The lowest BCUT2D eigenvalue weighted by molar-refractivity contribution is -0.385. The van der Waals surface area contributed by atoms with E-state index in [-0.39, 0.29) is 22.6 Å². The van der Waals surface area contributed by atoms with Gasteiger partial charge in [0.15, 0.2) is 6.10 Å². The summed E-state index contributed by atoms with van der Waals surface area (Å²) in [6.45, 7) is 2.94. The van der Waals surface area contributed by atoms with Crippen LogP contribution in [0.25, 0.3) is 0 Å². The maximum absolute atomic E-state index is 12.2. The van der Waals surface area contributed by atoms with Crippen LogP contribution in [0.1, 0.15) is 33.2 Å². The third-order valence-corrected chi connectivity index (χ3v) is 3.43. The van der Waals surface area contributed by atoms with Crippen LogP contribution in [0.15, 0.2) is 48.5 Å². The lowest BCUT2D eigenvalue weighted by atomic mass is 10.1. The Balaban J connectivity index is 2.18. The zero-order chi connectivity index (χ0) is 17.0. The number of ketones is 1. The van der Waals surface area contributed by atoms with Crippen molar-refractivity contribution in [2.75, 3.05) is 0 Å². The second-order valence-electron chi connectivity index (χ2n) is 4.98. The van der Waals surface area contributed by atoms with E-state index < -0.39 is 17.0 Å². The van der Waals surface area contributed by atoms with Crippen LogP contribution in [0.2, 0.25) is 0 Å². The first-order chi connectivity index (χ1) is 10.9. The number of benzene rings is 2. The predicted octanol–water partition coefficient (Wildman–Crippen LogP) is 3.33. The number of nitro groups is 1. The van der Waals surface area contributed by atoms with Crippen LogP contribution in [0.4, 0.5) is 5.69 Å². The van der Waals surface area contributed by atoms with E-state index >= 15 is 0 Å². The molecule has 0 aliphatic carbocycles. The van der Waals surface area contributed by atoms with Crippen molar-refractivity contribution in [3.8, 4) is 0 Å². The van der Waals surface area contributed by atoms with Crippen molar-refractivity contribution in [3.63, 3.8) is 0 Å². The molecule has 0 aliphatic rings. The second kappa shape index (κ2) is 6.83. The second-order valence-corrected chi connectivity index (χ2v) is 4.98. The minimum atomic E-state index is -0.983. The van der Waals surface area contributed by atoms with Crippen molar-refractivity contribution in [2.45, 2.75) is 20.0 Å². The maximum atomic E-state index is 12.2. The fourth-order valence-electron chi connectivity index (χ4n) is 2.16. The Morgan fingerprint density at radius 2 is 1.74 bits per heavy atom. The molecule has 23 heavy (non-hydrogen) atoms. The fourth-order valence-corrected chi connectivity index (χ4v) is 2.16. The van der Waals surface area contributed by atoms with Crippen LogP contribution >= 0.6 is 0 Å². The molecule has 2 aromatic rings. The monoisotopic (exact) mass is 313 g/mol. The maximum Gasteiger partial charge on any atom is 0.339 e. The van der Waals surface area contributed by atoms with E-state index in [0.717, 1.165) is 0 Å². The molecule has 0 fully saturated rings. The Morgan fingerprint density at radius 3 is 2.35 bits per heavy atom. The van der Waals surface area contributed by atoms with Crippen LogP contribution < -0.4 is 0 Å². The van der Waals surface area contributed by atoms with Gasteiger partial charge in [-0.05, 0) is 19.9 Å². The molecule has 0 unspecified atom stereocenters. The third kappa shape index (κ3) is 3.60. The number of hydrogen-bond donors (Lipinski definition) is 0. The number of esters is 1. The lowest BCUT2D eigenvalue weighted by Gasteiger charge is -2.13. The molecule has 0 radical (unpaired) electrons. The zero-order valence-corrected chi connectivity index (χ0v) is 12.7. The number of nitrogens with zero attached hydrogens (tertiary/aromatic N) is 1. The topological polar surface area (TPSA) is 86.5 Å². The van der Waals surface area contributed by atoms with Crippen molar-refractivity contribution in [2.24, 2.45) is 0 Å². The average Bonchev–Trinajstić information content (AvgIpc) is 2.54. The van der Waals surface area contributed by atoms with E-state index in [4.69, 9.17) is 4.74 Å². The van der Waals surface area contributed by atoms with Gasteiger partial charge in [-0.25, -0.2) is 4.79 Å². The highest BCUT2D eigenvalue weighted by molar-refractivity contribution is 6.01. The molecule has 0 bridgehead atoms. The molecule has 1 atom stereocenters. The van der Waals surface area contributed by atoms with Gasteiger partial charge in [0.05, 0.1) is 10.5 Å². The molecule has 0 saturated heterocycles. The summed E-state index contributed by atoms with van der Waals surface area (Å²) in [6.07, 6.45) is -0.983. The Bertz CT molecular complexity index is 755. The van der Waals surface area contributed by atoms with Crippen molar-refractivity contribution in [1.82, 2.24) is 0 Å². The Kier molecular flexibility index (Phi) is 4.85. The third-order valence-electron chi connectivity index (χ3n) is 3.43. The highest BCUT2D eigenvalue weighted by atomic mass is 16.6. The molecule has 0 saturated carbocycles. The molecule has 0 N–H and O–H groups in total. The number of hydrogen-bond acceptors (Lipinski definition) is 5. The van der Waals surface area contributed by atoms with Crippen LogP contribution in [0.5, 0.6) is 0 Å². The normalized spacial score (nSPS) is 11.6. The summed E-state index contributed by atoms with van der Waals surface area (Å²) in [6, 6.07) is 12.6. The smallest absolute Gasteiger partial charge is 0.339 e. The van der Waals surface area contributed by atoms with E-state index in [1.54, 1.807) is 30.3 Å². The SMILES string of the molecule is Cc1c(C(=O)O[C@H](C)C(=O)c2ccccc2)cccc1[N+](=O)[O-]. The van der Waals surface area contributed by atoms with Gasteiger partial charge in [0.2, 0.25) is 5.78 Å². The summed E-state index contributed by atoms with van der Waals surface area (Å²) in [5.74, 6) is -1.09. The molecule has 118 valence electrons. The number of rotatable bonds is 5. The van der Waals surface area contributed by atoms with Gasteiger partial charge in [-0.1, -0.05) is 36.4 Å². The van der Waals surface area contributed by atoms with E-state index in [1.807, 2.05) is 0 Å². The predicted molar refractivity (Wildman–Crippen MR) is 83.5 cm³/mol. The number of carbonyl (C=O) groups is 2. The first-order valence-corrected chi connectivity index (χ1v) is 6.96.